The predicted octanol–water partition coefficient (Wildman–Crippen LogP) is 2.30. The minimum atomic E-state index is -4.38. The maximum absolute atomic E-state index is 12.4. The van der Waals surface area contributed by atoms with Gasteiger partial charge in [-0.15, -0.1) is 0 Å². The highest BCUT2D eigenvalue weighted by Crippen LogP contribution is 2.19. The summed E-state index contributed by atoms with van der Waals surface area (Å²) in [6, 6.07) is 0. The molecule has 0 radical (unpaired) electrons. The number of rotatable bonds is 6. The molecule has 17 heavy (non-hydrogen) atoms. The molecule has 0 aromatic rings. The molecule has 0 saturated heterocycles. The van der Waals surface area contributed by atoms with Crippen LogP contribution in [-0.2, 0) is 4.79 Å². The van der Waals surface area contributed by atoms with Gasteiger partial charge in [0.2, 0.25) is 5.91 Å². The van der Waals surface area contributed by atoms with Crippen molar-refractivity contribution in [3.05, 3.63) is 0 Å². The van der Waals surface area contributed by atoms with Crippen molar-refractivity contribution in [2.75, 3.05) is 13.1 Å². The van der Waals surface area contributed by atoms with Crippen LogP contribution in [0.5, 0.6) is 0 Å². The quantitative estimate of drug-likeness (QED) is 0.790. The second-order valence-corrected chi connectivity index (χ2v) is 4.47. The number of carbonyl (C=O) groups is 1. The van der Waals surface area contributed by atoms with Gasteiger partial charge in [0.1, 0.15) is 6.54 Å². The van der Waals surface area contributed by atoms with E-state index in [0.29, 0.717) is 12.8 Å². The van der Waals surface area contributed by atoms with Gasteiger partial charge in [-0.3, -0.25) is 4.79 Å². The SMILES string of the molecule is CCCCN(CC(F)(F)F)C(=O)C(C)(N)CC. The molecule has 0 bridgehead atoms. The van der Waals surface area contributed by atoms with Crippen LogP contribution in [0.1, 0.15) is 40.0 Å². The fraction of sp³-hybridized carbons (Fsp3) is 0.909. The molecular weight excluding hydrogens is 233 g/mol. The molecule has 0 heterocycles. The van der Waals surface area contributed by atoms with Crippen LogP contribution in [0.15, 0.2) is 0 Å². The smallest absolute Gasteiger partial charge is 0.332 e. The molecule has 0 aliphatic heterocycles. The van der Waals surface area contributed by atoms with Crippen molar-refractivity contribution in [1.82, 2.24) is 4.90 Å². The summed E-state index contributed by atoms with van der Waals surface area (Å²) in [5, 5.41) is 0. The summed E-state index contributed by atoms with van der Waals surface area (Å²) in [5.74, 6) is -0.634. The summed E-state index contributed by atoms with van der Waals surface area (Å²) in [6.45, 7) is 3.88. The van der Waals surface area contributed by atoms with Crippen molar-refractivity contribution in [1.29, 1.82) is 0 Å². The number of alkyl halides is 3. The van der Waals surface area contributed by atoms with Gasteiger partial charge in [-0.2, -0.15) is 13.2 Å². The average Bonchev–Trinajstić information content (AvgIpc) is 2.21. The van der Waals surface area contributed by atoms with Crippen LogP contribution >= 0.6 is 0 Å². The second-order valence-electron chi connectivity index (χ2n) is 4.47. The predicted molar refractivity (Wildman–Crippen MR) is 60.4 cm³/mol. The summed E-state index contributed by atoms with van der Waals surface area (Å²) < 4.78 is 37.1. The highest BCUT2D eigenvalue weighted by atomic mass is 19.4. The monoisotopic (exact) mass is 254 g/mol. The van der Waals surface area contributed by atoms with Gasteiger partial charge in [0.25, 0.3) is 0 Å². The molecule has 1 atom stereocenters. The van der Waals surface area contributed by atoms with E-state index in [1.54, 1.807) is 6.92 Å². The van der Waals surface area contributed by atoms with Crippen LogP contribution < -0.4 is 5.73 Å². The van der Waals surface area contributed by atoms with E-state index < -0.39 is 24.2 Å². The summed E-state index contributed by atoms with van der Waals surface area (Å²) in [5.41, 5.74) is 4.47. The molecule has 102 valence electrons. The van der Waals surface area contributed by atoms with Crippen molar-refractivity contribution in [2.45, 2.75) is 51.7 Å². The lowest BCUT2D eigenvalue weighted by atomic mass is 9.98. The van der Waals surface area contributed by atoms with Crippen molar-refractivity contribution >= 4 is 5.91 Å². The molecule has 1 unspecified atom stereocenters. The number of nitrogens with zero attached hydrogens (tertiary/aromatic N) is 1. The third-order valence-corrected chi connectivity index (χ3v) is 2.66. The van der Waals surface area contributed by atoms with E-state index in [1.165, 1.54) is 6.92 Å². The average molecular weight is 254 g/mol. The number of amides is 1. The van der Waals surface area contributed by atoms with Gasteiger partial charge < -0.3 is 10.6 Å². The summed E-state index contributed by atoms with van der Waals surface area (Å²) >= 11 is 0. The number of carbonyl (C=O) groups excluding carboxylic acids is 1. The topological polar surface area (TPSA) is 46.3 Å². The van der Waals surface area contributed by atoms with Gasteiger partial charge in [-0.1, -0.05) is 20.3 Å². The van der Waals surface area contributed by atoms with Crippen LogP contribution in [0.3, 0.4) is 0 Å². The van der Waals surface area contributed by atoms with Gasteiger partial charge >= 0.3 is 6.18 Å². The second kappa shape index (κ2) is 6.23. The number of hydrogen-bond acceptors (Lipinski definition) is 2. The van der Waals surface area contributed by atoms with Crippen molar-refractivity contribution in [3.8, 4) is 0 Å². The molecule has 0 aliphatic rings. The van der Waals surface area contributed by atoms with Crippen molar-refractivity contribution in [2.24, 2.45) is 5.73 Å². The van der Waals surface area contributed by atoms with Crippen molar-refractivity contribution in [3.63, 3.8) is 0 Å². The number of unbranched alkanes of at least 4 members (excludes halogenated alkanes) is 1. The van der Waals surface area contributed by atoms with Crippen LogP contribution in [0.4, 0.5) is 13.2 Å². The number of nitrogens with two attached hydrogens (primary N) is 1. The first-order valence-corrected chi connectivity index (χ1v) is 5.79. The Morgan fingerprint density at radius 1 is 1.29 bits per heavy atom. The highest BCUT2D eigenvalue weighted by molar-refractivity contribution is 5.85. The molecule has 0 aromatic heterocycles. The Balaban J connectivity index is 4.73. The van der Waals surface area contributed by atoms with Gasteiger partial charge in [-0.25, -0.2) is 0 Å². The van der Waals surface area contributed by atoms with E-state index in [0.717, 1.165) is 11.3 Å². The zero-order valence-corrected chi connectivity index (χ0v) is 10.6. The molecule has 0 saturated carbocycles. The standard InChI is InChI=1S/C11H21F3N2O/c1-4-6-7-16(8-11(12,13)14)9(17)10(3,15)5-2/h4-8,15H2,1-3H3. The van der Waals surface area contributed by atoms with E-state index in [1.807, 2.05) is 6.92 Å². The first kappa shape index (κ1) is 16.2. The van der Waals surface area contributed by atoms with Crippen LogP contribution in [0.2, 0.25) is 0 Å². The lowest BCUT2D eigenvalue weighted by molar-refractivity contribution is -0.164. The van der Waals surface area contributed by atoms with Gasteiger partial charge in [0, 0.05) is 6.54 Å². The first-order valence-electron chi connectivity index (χ1n) is 5.79. The van der Waals surface area contributed by atoms with E-state index in [9.17, 15) is 18.0 Å². The van der Waals surface area contributed by atoms with E-state index in [-0.39, 0.29) is 6.54 Å². The molecule has 0 aromatic carbocycles. The molecular formula is C11H21F3N2O. The lowest BCUT2D eigenvalue weighted by Crippen LogP contribution is -2.55. The van der Waals surface area contributed by atoms with Gasteiger partial charge in [0.15, 0.2) is 0 Å². The molecule has 0 fully saturated rings. The zero-order valence-electron chi connectivity index (χ0n) is 10.6. The minimum Gasteiger partial charge on any atom is -0.332 e. The summed E-state index contributed by atoms with van der Waals surface area (Å²) in [7, 11) is 0. The zero-order chi connectivity index (χ0) is 13.7. The van der Waals surface area contributed by atoms with Gasteiger partial charge in [0.05, 0.1) is 5.54 Å². The van der Waals surface area contributed by atoms with Crippen LogP contribution in [-0.4, -0.2) is 35.6 Å². The third-order valence-electron chi connectivity index (χ3n) is 2.66. The maximum Gasteiger partial charge on any atom is 0.406 e. The summed E-state index contributed by atoms with van der Waals surface area (Å²) in [4.78, 5) is 12.7. The molecule has 6 heteroatoms. The van der Waals surface area contributed by atoms with Crippen molar-refractivity contribution < 1.29 is 18.0 Å². The number of halogens is 3. The Hall–Kier alpha value is -0.780. The molecule has 2 N–H and O–H groups in total. The van der Waals surface area contributed by atoms with Crippen LogP contribution in [0, 0.1) is 0 Å². The largest absolute Gasteiger partial charge is 0.406 e. The number of hydrogen-bond donors (Lipinski definition) is 1. The Morgan fingerprint density at radius 2 is 1.82 bits per heavy atom. The van der Waals surface area contributed by atoms with E-state index >= 15 is 0 Å². The van der Waals surface area contributed by atoms with E-state index in [2.05, 4.69) is 0 Å². The molecule has 0 aliphatic carbocycles. The Morgan fingerprint density at radius 3 is 2.18 bits per heavy atom. The first-order chi connectivity index (χ1) is 7.64. The molecule has 3 nitrogen and oxygen atoms in total. The highest BCUT2D eigenvalue weighted by Gasteiger charge is 2.37. The fourth-order valence-corrected chi connectivity index (χ4v) is 1.33. The molecule has 1 amide bonds. The molecule has 0 spiro atoms. The minimum absolute atomic E-state index is 0.0988. The Labute approximate surface area is 100 Å². The van der Waals surface area contributed by atoms with Crippen LogP contribution in [0.25, 0.3) is 0 Å². The fourth-order valence-electron chi connectivity index (χ4n) is 1.33. The maximum atomic E-state index is 12.4. The van der Waals surface area contributed by atoms with Gasteiger partial charge in [-0.05, 0) is 19.8 Å². The Bertz CT molecular complexity index is 252. The summed E-state index contributed by atoms with van der Waals surface area (Å²) in [6.07, 6.45) is -2.80. The normalized spacial score (nSPS) is 15.5. The lowest BCUT2D eigenvalue weighted by Gasteiger charge is -2.31. The van der Waals surface area contributed by atoms with E-state index in [4.69, 9.17) is 5.73 Å². The Kier molecular flexibility index (Phi) is 5.95. The third kappa shape index (κ3) is 5.91. The molecule has 0 rings (SSSR count).